The van der Waals surface area contributed by atoms with Crippen molar-refractivity contribution in [1.82, 2.24) is 4.90 Å². The van der Waals surface area contributed by atoms with Crippen molar-refractivity contribution in [2.75, 3.05) is 24.6 Å². The Labute approximate surface area is 225 Å². The largest absolute Gasteiger partial charge is 0.490 e. The Morgan fingerprint density at radius 3 is 2.49 bits per heavy atom. The normalized spacial score (nSPS) is 18.9. The monoisotopic (exact) mass is 546 g/mol. The van der Waals surface area contributed by atoms with E-state index < -0.39 is 12.8 Å². The molecule has 1 saturated carbocycles. The second-order valence-electron chi connectivity index (χ2n) is 10.4. The molecule has 39 heavy (non-hydrogen) atoms. The van der Waals surface area contributed by atoms with E-state index in [9.17, 15) is 22.8 Å². The Morgan fingerprint density at radius 1 is 1.00 bits per heavy atom. The zero-order valence-corrected chi connectivity index (χ0v) is 21.8. The van der Waals surface area contributed by atoms with Crippen LogP contribution in [0.15, 0.2) is 42.5 Å². The number of benzene rings is 2. The number of alkyl halides is 3. The molecule has 0 N–H and O–H groups in total. The van der Waals surface area contributed by atoms with Crippen LogP contribution in [0.4, 0.5) is 23.7 Å². The Morgan fingerprint density at radius 2 is 1.74 bits per heavy atom. The van der Waals surface area contributed by atoms with E-state index in [0.717, 1.165) is 43.4 Å². The number of carbonyl (C=O) groups is 2. The van der Waals surface area contributed by atoms with Gasteiger partial charge in [0, 0.05) is 36.3 Å². The van der Waals surface area contributed by atoms with Crippen LogP contribution in [-0.2, 0) is 22.6 Å². The van der Waals surface area contributed by atoms with Gasteiger partial charge in [0.15, 0.2) is 6.61 Å². The average Bonchev–Trinajstić information content (AvgIpc) is 2.93. The lowest BCUT2D eigenvalue weighted by molar-refractivity contribution is -0.153. The SMILES string of the molecule is O=C(Cc1ccc(OC2CCCCC2)cc1OCC(F)(F)F)N1CCC(N2C(=O)OCc3ccccc32)CC1. The molecule has 2 amide bonds. The summed E-state index contributed by atoms with van der Waals surface area (Å²) >= 11 is 0. The van der Waals surface area contributed by atoms with E-state index in [1.54, 1.807) is 21.9 Å². The Balaban J connectivity index is 1.23. The summed E-state index contributed by atoms with van der Waals surface area (Å²) in [6.07, 6.45) is 1.31. The minimum absolute atomic E-state index is 0.0107. The summed E-state index contributed by atoms with van der Waals surface area (Å²) in [5.74, 6) is 0.259. The molecule has 2 aromatic rings. The second-order valence-corrected chi connectivity index (χ2v) is 10.4. The van der Waals surface area contributed by atoms with E-state index in [4.69, 9.17) is 14.2 Å². The molecule has 0 spiro atoms. The lowest BCUT2D eigenvalue weighted by atomic mass is 9.98. The predicted molar refractivity (Wildman–Crippen MR) is 138 cm³/mol. The van der Waals surface area contributed by atoms with Crippen LogP contribution in [0.25, 0.3) is 0 Å². The highest BCUT2D eigenvalue weighted by molar-refractivity contribution is 5.91. The van der Waals surface area contributed by atoms with Crippen LogP contribution < -0.4 is 14.4 Å². The molecule has 2 aliphatic heterocycles. The van der Waals surface area contributed by atoms with Gasteiger partial charge in [-0.1, -0.05) is 30.7 Å². The number of piperidine rings is 1. The van der Waals surface area contributed by atoms with Gasteiger partial charge in [-0.15, -0.1) is 0 Å². The molecule has 1 aliphatic carbocycles. The summed E-state index contributed by atoms with van der Waals surface area (Å²) < 4.78 is 55.3. The number of cyclic esters (lactones) is 1. The van der Waals surface area contributed by atoms with Gasteiger partial charge in [-0.2, -0.15) is 13.2 Å². The van der Waals surface area contributed by atoms with Gasteiger partial charge < -0.3 is 19.1 Å². The number of fused-ring (bicyclic) bond motifs is 1. The second kappa shape index (κ2) is 11.8. The minimum atomic E-state index is -4.50. The molecule has 2 heterocycles. The van der Waals surface area contributed by atoms with Crippen molar-refractivity contribution in [1.29, 1.82) is 0 Å². The van der Waals surface area contributed by atoms with E-state index in [0.29, 0.717) is 37.2 Å². The predicted octanol–water partition coefficient (Wildman–Crippen LogP) is 6.03. The van der Waals surface area contributed by atoms with Crippen molar-refractivity contribution in [2.45, 2.75) is 76.3 Å². The van der Waals surface area contributed by atoms with E-state index in [2.05, 4.69) is 0 Å². The lowest BCUT2D eigenvalue weighted by Crippen LogP contribution is -2.50. The number of para-hydroxylation sites is 1. The summed E-state index contributed by atoms with van der Waals surface area (Å²) in [4.78, 5) is 29.1. The first-order valence-electron chi connectivity index (χ1n) is 13.6. The summed E-state index contributed by atoms with van der Waals surface area (Å²) in [5, 5.41) is 0. The van der Waals surface area contributed by atoms with Crippen LogP contribution >= 0.6 is 0 Å². The van der Waals surface area contributed by atoms with Crippen molar-refractivity contribution in [3.8, 4) is 11.5 Å². The molecular weight excluding hydrogens is 513 g/mol. The molecule has 7 nitrogen and oxygen atoms in total. The molecule has 210 valence electrons. The van der Waals surface area contributed by atoms with Crippen LogP contribution in [0.3, 0.4) is 0 Å². The van der Waals surface area contributed by atoms with Crippen molar-refractivity contribution < 1.29 is 37.0 Å². The van der Waals surface area contributed by atoms with Crippen LogP contribution in [0, 0.1) is 0 Å². The molecule has 0 bridgehead atoms. The summed E-state index contributed by atoms with van der Waals surface area (Å²) in [6.45, 7) is -0.347. The highest BCUT2D eigenvalue weighted by atomic mass is 19.4. The Bertz CT molecular complexity index is 1170. The third-order valence-electron chi connectivity index (χ3n) is 7.61. The summed E-state index contributed by atoms with van der Waals surface area (Å²) in [5.41, 5.74) is 2.16. The molecule has 10 heteroatoms. The van der Waals surface area contributed by atoms with Crippen molar-refractivity contribution in [3.63, 3.8) is 0 Å². The number of nitrogens with zero attached hydrogens (tertiary/aromatic N) is 2. The summed E-state index contributed by atoms with van der Waals surface area (Å²) in [7, 11) is 0. The maximum Gasteiger partial charge on any atom is 0.422 e. The van der Waals surface area contributed by atoms with Gasteiger partial charge in [-0.05, 0) is 50.7 Å². The van der Waals surface area contributed by atoms with E-state index in [1.807, 2.05) is 24.3 Å². The van der Waals surface area contributed by atoms with Gasteiger partial charge in [-0.25, -0.2) is 4.79 Å². The molecule has 0 aromatic heterocycles. The Kier molecular flexibility index (Phi) is 8.18. The van der Waals surface area contributed by atoms with Gasteiger partial charge >= 0.3 is 12.3 Å². The molecule has 3 aliphatic rings. The van der Waals surface area contributed by atoms with Crippen LogP contribution in [-0.4, -0.2) is 54.9 Å². The third-order valence-corrected chi connectivity index (χ3v) is 7.61. The first-order valence-corrected chi connectivity index (χ1v) is 13.6. The van der Waals surface area contributed by atoms with Gasteiger partial charge in [0.2, 0.25) is 5.91 Å². The smallest absolute Gasteiger partial charge is 0.422 e. The molecule has 0 atom stereocenters. The number of rotatable bonds is 7. The fraction of sp³-hybridized carbons (Fsp3) is 0.517. The van der Waals surface area contributed by atoms with Gasteiger partial charge in [0.1, 0.15) is 18.1 Å². The first kappa shape index (κ1) is 27.1. The van der Waals surface area contributed by atoms with Crippen LogP contribution in [0.5, 0.6) is 11.5 Å². The van der Waals surface area contributed by atoms with E-state index in [1.165, 1.54) is 6.07 Å². The lowest BCUT2D eigenvalue weighted by Gasteiger charge is -2.40. The zero-order chi connectivity index (χ0) is 27.4. The molecular formula is C29H33F3N2O5. The van der Waals surface area contributed by atoms with Crippen LogP contribution in [0.1, 0.15) is 56.1 Å². The molecule has 2 fully saturated rings. The zero-order valence-electron chi connectivity index (χ0n) is 21.8. The van der Waals surface area contributed by atoms with Gasteiger partial charge in [0.25, 0.3) is 0 Å². The number of hydrogen-bond donors (Lipinski definition) is 0. The third kappa shape index (κ3) is 6.78. The maximum atomic E-state index is 13.2. The minimum Gasteiger partial charge on any atom is -0.490 e. The molecule has 0 unspecified atom stereocenters. The first-order chi connectivity index (χ1) is 18.8. The highest BCUT2D eigenvalue weighted by Gasteiger charge is 2.35. The maximum absolute atomic E-state index is 13.2. The summed E-state index contributed by atoms with van der Waals surface area (Å²) in [6, 6.07) is 12.3. The van der Waals surface area contributed by atoms with Gasteiger partial charge in [-0.3, -0.25) is 9.69 Å². The fourth-order valence-corrected chi connectivity index (χ4v) is 5.59. The van der Waals surface area contributed by atoms with Gasteiger partial charge in [0.05, 0.1) is 18.2 Å². The fourth-order valence-electron chi connectivity index (χ4n) is 5.59. The number of ether oxygens (including phenoxy) is 3. The highest BCUT2D eigenvalue weighted by Crippen LogP contribution is 2.33. The van der Waals surface area contributed by atoms with Crippen molar-refractivity contribution in [3.05, 3.63) is 53.6 Å². The molecule has 0 radical (unpaired) electrons. The van der Waals surface area contributed by atoms with E-state index in [-0.39, 0.29) is 42.9 Å². The molecule has 5 rings (SSSR count). The Hall–Kier alpha value is -3.43. The number of likely N-dealkylation sites (tertiary alicyclic amines) is 1. The van der Waals surface area contributed by atoms with E-state index >= 15 is 0 Å². The number of carbonyl (C=O) groups excluding carboxylic acids is 2. The molecule has 2 aromatic carbocycles. The quantitative estimate of drug-likeness (QED) is 0.424. The number of halogens is 3. The number of hydrogen-bond acceptors (Lipinski definition) is 5. The standard InChI is InChI=1S/C29H33F3N2O5/c30-29(31,32)19-38-26-17-24(39-23-7-2-1-3-8-23)11-10-20(26)16-27(35)33-14-12-22(13-15-33)34-25-9-5-4-6-21(25)18-37-28(34)36/h4-6,9-11,17,22-23H,1-3,7-8,12-16,18-19H2. The number of anilines is 1. The topological polar surface area (TPSA) is 68.3 Å². The number of amides is 2. The average molecular weight is 547 g/mol. The van der Waals surface area contributed by atoms with Crippen LogP contribution in [0.2, 0.25) is 0 Å². The van der Waals surface area contributed by atoms with Crippen molar-refractivity contribution >= 4 is 17.7 Å². The molecule has 1 saturated heterocycles. The van der Waals surface area contributed by atoms with Crippen molar-refractivity contribution in [2.24, 2.45) is 0 Å².